The molecule has 0 saturated heterocycles. The van der Waals surface area contributed by atoms with Gasteiger partial charge in [0.05, 0.1) is 6.61 Å². The van der Waals surface area contributed by atoms with Gasteiger partial charge in [0.25, 0.3) is 0 Å². The molecule has 0 radical (unpaired) electrons. The van der Waals surface area contributed by atoms with Crippen LogP contribution in [-0.4, -0.2) is 31.4 Å². The van der Waals surface area contributed by atoms with Gasteiger partial charge in [0, 0.05) is 19.7 Å². The first kappa shape index (κ1) is 12.7. The Labute approximate surface area is 98.0 Å². The molecule has 0 aromatic heterocycles. The molecule has 0 atom stereocenters. The van der Waals surface area contributed by atoms with Crippen LogP contribution in [0.15, 0.2) is 0 Å². The first-order valence-electron chi connectivity index (χ1n) is 5.86. The van der Waals surface area contributed by atoms with Crippen molar-refractivity contribution in [1.82, 2.24) is 10.6 Å². The van der Waals surface area contributed by atoms with Gasteiger partial charge in [-0.1, -0.05) is 25.7 Å². The van der Waals surface area contributed by atoms with Crippen LogP contribution in [0.1, 0.15) is 38.5 Å². The van der Waals surface area contributed by atoms with Gasteiger partial charge < -0.3 is 15.4 Å². The van der Waals surface area contributed by atoms with Gasteiger partial charge in [-0.05, 0) is 25.1 Å². The van der Waals surface area contributed by atoms with Gasteiger partial charge in [0.2, 0.25) is 0 Å². The Morgan fingerprint density at radius 1 is 1.27 bits per heavy atom. The maximum Gasteiger partial charge on any atom is 0.166 e. The van der Waals surface area contributed by atoms with E-state index in [-0.39, 0.29) is 0 Å². The largest absolute Gasteiger partial charge is 0.383 e. The van der Waals surface area contributed by atoms with E-state index in [1.807, 2.05) is 0 Å². The second-order valence-electron chi connectivity index (χ2n) is 4.08. The molecule has 15 heavy (non-hydrogen) atoms. The number of ether oxygens (including phenoxy) is 1. The van der Waals surface area contributed by atoms with Crippen molar-refractivity contribution in [3.63, 3.8) is 0 Å². The second-order valence-corrected chi connectivity index (χ2v) is 4.49. The lowest BCUT2D eigenvalue weighted by molar-refractivity contribution is 0.203. The quantitative estimate of drug-likeness (QED) is 0.438. The van der Waals surface area contributed by atoms with Gasteiger partial charge in [-0.15, -0.1) is 0 Å². The van der Waals surface area contributed by atoms with E-state index in [4.69, 9.17) is 17.0 Å². The molecule has 0 aromatic carbocycles. The fraction of sp³-hybridized carbons (Fsp3) is 0.909. The number of hydrogen-bond acceptors (Lipinski definition) is 2. The molecule has 0 aromatic rings. The van der Waals surface area contributed by atoms with Crippen molar-refractivity contribution >= 4 is 17.3 Å². The van der Waals surface area contributed by atoms with Gasteiger partial charge in [-0.25, -0.2) is 0 Å². The first-order valence-corrected chi connectivity index (χ1v) is 6.27. The van der Waals surface area contributed by atoms with Crippen molar-refractivity contribution in [3.8, 4) is 0 Å². The number of hydrogen-bond donors (Lipinski definition) is 2. The lowest BCUT2D eigenvalue weighted by Gasteiger charge is -2.18. The topological polar surface area (TPSA) is 33.3 Å². The van der Waals surface area contributed by atoms with Crippen LogP contribution in [0, 0.1) is 0 Å². The normalized spacial score (nSPS) is 18.2. The minimum atomic E-state index is 0.579. The summed E-state index contributed by atoms with van der Waals surface area (Å²) < 4.78 is 4.95. The van der Waals surface area contributed by atoms with Crippen molar-refractivity contribution in [1.29, 1.82) is 0 Å². The molecule has 0 bridgehead atoms. The fourth-order valence-electron chi connectivity index (χ4n) is 1.93. The zero-order valence-electron chi connectivity index (χ0n) is 9.55. The van der Waals surface area contributed by atoms with E-state index in [9.17, 15) is 0 Å². The Hall–Kier alpha value is -0.350. The van der Waals surface area contributed by atoms with E-state index >= 15 is 0 Å². The minimum Gasteiger partial charge on any atom is -0.383 e. The third kappa shape index (κ3) is 5.95. The lowest BCUT2D eigenvalue weighted by Crippen LogP contribution is -2.42. The Balaban J connectivity index is 2.12. The van der Waals surface area contributed by atoms with Gasteiger partial charge in [0.15, 0.2) is 5.11 Å². The standard InChI is InChI=1S/C11H22N2OS/c1-14-9-8-12-11(15)13-10-6-4-2-3-5-7-10/h10H,2-9H2,1H3,(H2,12,13,15). The Kier molecular flexibility index (Phi) is 6.68. The van der Waals surface area contributed by atoms with E-state index in [0.29, 0.717) is 12.6 Å². The Morgan fingerprint density at radius 3 is 2.53 bits per heavy atom. The van der Waals surface area contributed by atoms with E-state index in [1.165, 1.54) is 38.5 Å². The third-order valence-electron chi connectivity index (χ3n) is 2.78. The molecule has 1 rings (SSSR count). The van der Waals surface area contributed by atoms with E-state index in [0.717, 1.165) is 11.7 Å². The third-order valence-corrected chi connectivity index (χ3v) is 3.04. The van der Waals surface area contributed by atoms with Gasteiger partial charge in [-0.3, -0.25) is 0 Å². The van der Waals surface area contributed by atoms with Crippen LogP contribution in [0.5, 0.6) is 0 Å². The minimum absolute atomic E-state index is 0.579. The van der Waals surface area contributed by atoms with E-state index < -0.39 is 0 Å². The average molecular weight is 230 g/mol. The van der Waals surface area contributed by atoms with Crippen LogP contribution in [0.2, 0.25) is 0 Å². The van der Waals surface area contributed by atoms with Gasteiger partial charge in [-0.2, -0.15) is 0 Å². The molecule has 0 aliphatic heterocycles. The Bertz CT molecular complexity index is 179. The lowest BCUT2D eigenvalue weighted by atomic mass is 10.1. The van der Waals surface area contributed by atoms with E-state index in [1.54, 1.807) is 7.11 Å². The van der Waals surface area contributed by atoms with Crippen LogP contribution in [0.4, 0.5) is 0 Å². The molecular weight excluding hydrogens is 208 g/mol. The van der Waals surface area contributed by atoms with Crippen molar-refractivity contribution < 1.29 is 4.74 Å². The second kappa shape index (κ2) is 7.88. The molecular formula is C11H22N2OS. The SMILES string of the molecule is COCCNC(=S)NC1CCCCCC1. The summed E-state index contributed by atoms with van der Waals surface area (Å²) in [5.41, 5.74) is 0. The smallest absolute Gasteiger partial charge is 0.166 e. The van der Waals surface area contributed by atoms with Crippen LogP contribution in [-0.2, 0) is 4.74 Å². The Morgan fingerprint density at radius 2 is 1.93 bits per heavy atom. The van der Waals surface area contributed by atoms with Crippen molar-refractivity contribution in [2.24, 2.45) is 0 Å². The molecule has 1 saturated carbocycles. The number of rotatable bonds is 4. The monoisotopic (exact) mass is 230 g/mol. The zero-order valence-corrected chi connectivity index (χ0v) is 10.4. The van der Waals surface area contributed by atoms with Crippen LogP contribution in [0.25, 0.3) is 0 Å². The fourth-order valence-corrected chi connectivity index (χ4v) is 2.20. The van der Waals surface area contributed by atoms with Crippen LogP contribution < -0.4 is 10.6 Å². The summed E-state index contributed by atoms with van der Waals surface area (Å²) in [6, 6.07) is 0.579. The highest BCUT2D eigenvalue weighted by Crippen LogP contribution is 2.16. The number of thiocarbonyl (C=S) groups is 1. The predicted octanol–water partition coefficient (Wildman–Crippen LogP) is 1.82. The predicted molar refractivity (Wildman–Crippen MR) is 67.1 cm³/mol. The number of methoxy groups -OCH3 is 1. The van der Waals surface area contributed by atoms with Gasteiger partial charge >= 0.3 is 0 Å². The summed E-state index contributed by atoms with van der Waals surface area (Å²) in [5.74, 6) is 0. The highest BCUT2D eigenvalue weighted by molar-refractivity contribution is 7.80. The molecule has 1 aliphatic rings. The molecule has 88 valence electrons. The van der Waals surface area contributed by atoms with Crippen molar-refractivity contribution in [3.05, 3.63) is 0 Å². The van der Waals surface area contributed by atoms with Crippen LogP contribution >= 0.6 is 12.2 Å². The summed E-state index contributed by atoms with van der Waals surface area (Å²) in [7, 11) is 1.70. The molecule has 0 unspecified atom stereocenters. The summed E-state index contributed by atoms with van der Waals surface area (Å²) in [5, 5.41) is 7.31. The van der Waals surface area contributed by atoms with Crippen molar-refractivity contribution in [2.45, 2.75) is 44.6 Å². The summed E-state index contributed by atoms with van der Waals surface area (Å²) in [4.78, 5) is 0. The van der Waals surface area contributed by atoms with E-state index in [2.05, 4.69) is 10.6 Å². The molecule has 4 heteroatoms. The zero-order chi connectivity index (χ0) is 10.9. The highest BCUT2D eigenvalue weighted by atomic mass is 32.1. The molecule has 0 heterocycles. The highest BCUT2D eigenvalue weighted by Gasteiger charge is 2.12. The molecule has 3 nitrogen and oxygen atoms in total. The molecule has 1 fully saturated rings. The molecule has 1 aliphatic carbocycles. The summed E-state index contributed by atoms with van der Waals surface area (Å²) in [6.45, 7) is 1.49. The van der Waals surface area contributed by atoms with Gasteiger partial charge in [0.1, 0.15) is 0 Å². The van der Waals surface area contributed by atoms with Crippen LogP contribution in [0.3, 0.4) is 0 Å². The molecule has 0 amide bonds. The average Bonchev–Trinajstić information content (AvgIpc) is 2.47. The maximum atomic E-state index is 5.21. The first-order chi connectivity index (χ1) is 7.33. The maximum absolute atomic E-state index is 5.21. The van der Waals surface area contributed by atoms with Crippen molar-refractivity contribution in [2.75, 3.05) is 20.3 Å². The molecule has 0 spiro atoms. The molecule has 2 N–H and O–H groups in total. The summed E-state index contributed by atoms with van der Waals surface area (Å²) in [6.07, 6.45) is 7.93. The number of nitrogens with one attached hydrogen (secondary N) is 2. The summed E-state index contributed by atoms with van der Waals surface area (Å²) >= 11 is 5.21.